The lowest BCUT2D eigenvalue weighted by molar-refractivity contribution is 0.0948. The predicted molar refractivity (Wildman–Crippen MR) is 117 cm³/mol. The van der Waals surface area contributed by atoms with Crippen molar-refractivity contribution in [3.63, 3.8) is 0 Å². The van der Waals surface area contributed by atoms with Gasteiger partial charge in [-0.2, -0.15) is 0 Å². The van der Waals surface area contributed by atoms with Gasteiger partial charge >= 0.3 is 0 Å². The molecular weight excluding hydrogens is 416 g/mol. The van der Waals surface area contributed by atoms with Crippen molar-refractivity contribution in [2.24, 2.45) is 0 Å². The summed E-state index contributed by atoms with van der Waals surface area (Å²) in [4.78, 5) is 14.4. The standard InChI is InChI=1S/C22H24N4O4S/c1-16-3-2-4-19(15-16)22-25-24-21(30-22)18-7-5-17(6-8-18)20(27)23-9-10-26-11-13-31(28,29)14-12-26/h2-8,15H,9-14H2,1H3,(H,23,27). The Morgan fingerprint density at radius 2 is 1.71 bits per heavy atom. The maximum Gasteiger partial charge on any atom is 0.251 e. The lowest BCUT2D eigenvalue weighted by atomic mass is 10.1. The predicted octanol–water partition coefficient (Wildman–Crippen LogP) is 2.17. The molecule has 1 saturated heterocycles. The smallest absolute Gasteiger partial charge is 0.251 e. The Hall–Kier alpha value is -3.04. The zero-order valence-electron chi connectivity index (χ0n) is 17.2. The number of nitrogens with zero attached hydrogens (tertiary/aromatic N) is 3. The third-order valence-corrected chi connectivity index (χ3v) is 6.84. The Labute approximate surface area is 181 Å². The lowest BCUT2D eigenvalue weighted by Gasteiger charge is -2.26. The summed E-state index contributed by atoms with van der Waals surface area (Å²) in [6.07, 6.45) is 0. The molecule has 1 fully saturated rings. The molecule has 2 heterocycles. The summed E-state index contributed by atoms with van der Waals surface area (Å²) >= 11 is 0. The molecular formula is C22H24N4O4S. The summed E-state index contributed by atoms with van der Waals surface area (Å²) < 4.78 is 28.7. The molecule has 1 aliphatic heterocycles. The molecule has 31 heavy (non-hydrogen) atoms. The third kappa shape index (κ3) is 5.36. The Balaban J connectivity index is 1.32. The molecule has 9 heteroatoms. The quantitative estimate of drug-likeness (QED) is 0.626. The molecule has 0 unspecified atom stereocenters. The average molecular weight is 441 g/mol. The van der Waals surface area contributed by atoms with Crippen LogP contribution >= 0.6 is 0 Å². The number of aryl methyl sites for hydroxylation is 1. The maximum absolute atomic E-state index is 12.4. The van der Waals surface area contributed by atoms with Gasteiger partial charge in [0.25, 0.3) is 5.91 Å². The molecule has 0 aliphatic carbocycles. The molecule has 0 atom stereocenters. The first-order chi connectivity index (χ1) is 14.9. The number of amides is 1. The minimum absolute atomic E-state index is 0.179. The number of hydrogen-bond acceptors (Lipinski definition) is 7. The van der Waals surface area contributed by atoms with Crippen LogP contribution < -0.4 is 5.32 Å². The molecule has 0 spiro atoms. The van der Waals surface area contributed by atoms with E-state index in [-0.39, 0.29) is 17.4 Å². The van der Waals surface area contributed by atoms with E-state index in [1.165, 1.54) is 0 Å². The number of carbonyl (C=O) groups is 1. The highest BCUT2D eigenvalue weighted by molar-refractivity contribution is 7.91. The van der Waals surface area contributed by atoms with E-state index in [2.05, 4.69) is 15.5 Å². The first-order valence-electron chi connectivity index (χ1n) is 10.1. The van der Waals surface area contributed by atoms with Gasteiger partial charge in [-0.05, 0) is 43.3 Å². The van der Waals surface area contributed by atoms with Gasteiger partial charge in [-0.3, -0.25) is 9.69 Å². The van der Waals surface area contributed by atoms with Crippen LogP contribution in [0, 0.1) is 6.92 Å². The molecule has 1 aromatic heterocycles. The summed E-state index contributed by atoms with van der Waals surface area (Å²) in [5.74, 6) is 1.03. The van der Waals surface area contributed by atoms with Gasteiger partial charge in [0.15, 0.2) is 9.84 Å². The second-order valence-electron chi connectivity index (χ2n) is 7.61. The maximum atomic E-state index is 12.4. The fourth-order valence-corrected chi connectivity index (χ4v) is 4.68. The van der Waals surface area contributed by atoms with Gasteiger partial charge in [-0.25, -0.2) is 8.42 Å². The van der Waals surface area contributed by atoms with Crippen LogP contribution in [-0.4, -0.2) is 67.1 Å². The molecule has 8 nitrogen and oxygen atoms in total. The zero-order valence-corrected chi connectivity index (χ0v) is 18.1. The highest BCUT2D eigenvalue weighted by Crippen LogP contribution is 2.24. The van der Waals surface area contributed by atoms with Crippen LogP contribution in [0.5, 0.6) is 0 Å². The third-order valence-electron chi connectivity index (χ3n) is 5.23. The molecule has 0 saturated carbocycles. The number of sulfone groups is 1. The largest absolute Gasteiger partial charge is 0.416 e. The Morgan fingerprint density at radius 1 is 1.03 bits per heavy atom. The highest BCUT2D eigenvalue weighted by Gasteiger charge is 2.21. The van der Waals surface area contributed by atoms with E-state index in [1.807, 2.05) is 36.1 Å². The van der Waals surface area contributed by atoms with E-state index in [0.717, 1.165) is 16.7 Å². The minimum atomic E-state index is -2.89. The molecule has 1 N–H and O–H groups in total. The van der Waals surface area contributed by atoms with E-state index < -0.39 is 9.84 Å². The van der Waals surface area contributed by atoms with Crippen molar-refractivity contribution >= 4 is 15.7 Å². The number of benzene rings is 2. The summed E-state index contributed by atoms with van der Waals surface area (Å²) in [7, 11) is -2.89. The van der Waals surface area contributed by atoms with Gasteiger partial charge in [0, 0.05) is 42.9 Å². The number of rotatable bonds is 6. The molecule has 162 valence electrons. The molecule has 1 aliphatic rings. The second kappa shape index (κ2) is 8.99. The van der Waals surface area contributed by atoms with Crippen molar-refractivity contribution in [3.8, 4) is 22.9 Å². The van der Waals surface area contributed by atoms with E-state index in [0.29, 0.717) is 43.5 Å². The van der Waals surface area contributed by atoms with Crippen molar-refractivity contribution in [1.82, 2.24) is 20.4 Å². The summed E-state index contributed by atoms with van der Waals surface area (Å²) in [5, 5.41) is 11.1. The Morgan fingerprint density at radius 3 is 2.39 bits per heavy atom. The van der Waals surface area contributed by atoms with Crippen LogP contribution in [0.1, 0.15) is 15.9 Å². The van der Waals surface area contributed by atoms with Crippen LogP contribution in [0.3, 0.4) is 0 Å². The van der Waals surface area contributed by atoms with E-state index in [9.17, 15) is 13.2 Å². The fourth-order valence-electron chi connectivity index (χ4n) is 3.40. The zero-order chi connectivity index (χ0) is 21.8. The molecule has 1 amide bonds. The molecule has 3 aromatic rings. The van der Waals surface area contributed by atoms with Crippen molar-refractivity contribution < 1.29 is 17.6 Å². The summed E-state index contributed by atoms with van der Waals surface area (Å²) in [5.41, 5.74) is 3.24. The van der Waals surface area contributed by atoms with Crippen LogP contribution in [0.15, 0.2) is 52.9 Å². The molecule has 4 rings (SSSR count). The lowest BCUT2D eigenvalue weighted by Crippen LogP contribution is -2.43. The fraction of sp³-hybridized carbons (Fsp3) is 0.318. The summed E-state index contributed by atoms with van der Waals surface area (Å²) in [6, 6.07) is 14.8. The average Bonchev–Trinajstić information content (AvgIpc) is 3.25. The van der Waals surface area contributed by atoms with Gasteiger partial charge in [-0.1, -0.05) is 17.7 Å². The first-order valence-corrected chi connectivity index (χ1v) is 11.9. The van der Waals surface area contributed by atoms with Crippen molar-refractivity contribution in [2.75, 3.05) is 37.7 Å². The number of carbonyl (C=O) groups excluding carboxylic acids is 1. The highest BCUT2D eigenvalue weighted by atomic mass is 32.2. The Kier molecular flexibility index (Phi) is 6.15. The van der Waals surface area contributed by atoms with Crippen LogP contribution in [0.4, 0.5) is 0 Å². The van der Waals surface area contributed by atoms with Gasteiger partial charge in [0.1, 0.15) is 0 Å². The normalized spacial score (nSPS) is 16.2. The topological polar surface area (TPSA) is 105 Å². The number of hydrogen-bond donors (Lipinski definition) is 1. The van der Waals surface area contributed by atoms with E-state index in [4.69, 9.17) is 4.42 Å². The van der Waals surface area contributed by atoms with E-state index >= 15 is 0 Å². The van der Waals surface area contributed by atoms with Crippen molar-refractivity contribution in [3.05, 3.63) is 59.7 Å². The van der Waals surface area contributed by atoms with E-state index in [1.54, 1.807) is 24.3 Å². The number of nitrogens with one attached hydrogen (secondary N) is 1. The van der Waals surface area contributed by atoms with Crippen molar-refractivity contribution in [2.45, 2.75) is 6.92 Å². The summed E-state index contributed by atoms with van der Waals surface area (Å²) in [6.45, 7) is 4.12. The molecule has 0 radical (unpaired) electrons. The number of aromatic nitrogens is 2. The van der Waals surface area contributed by atoms with Crippen molar-refractivity contribution in [1.29, 1.82) is 0 Å². The van der Waals surface area contributed by atoms with Gasteiger partial charge in [0.2, 0.25) is 11.8 Å². The monoisotopic (exact) mass is 440 g/mol. The SMILES string of the molecule is Cc1cccc(-c2nnc(-c3ccc(C(=O)NCCN4CCS(=O)(=O)CC4)cc3)o2)c1. The van der Waals surface area contributed by atoms with Gasteiger partial charge < -0.3 is 9.73 Å². The van der Waals surface area contributed by atoms with Crippen LogP contribution in [0.25, 0.3) is 22.9 Å². The molecule has 2 aromatic carbocycles. The van der Waals surface area contributed by atoms with Gasteiger partial charge in [0.05, 0.1) is 11.5 Å². The second-order valence-corrected chi connectivity index (χ2v) is 9.91. The Bertz CT molecular complexity index is 1160. The van der Waals surface area contributed by atoms with Crippen LogP contribution in [-0.2, 0) is 9.84 Å². The minimum Gasteiger partial charge on any atom is -0.416 e. The first kappa shape index (κ1) is 21.2. The molecule has 0 bridgehead atoms. The van der Waals surface area contributed by atoms with Gasteiger partial charge in [-0.15, -0.1) is 10.2 Å². The van der Waals surface area contributed by atoms with Crippen LogP contribution in [0.2, 0.25) is 0 Å².